The number of carbonyl (C=O) groups is 1. The Morgan fingerprint density at radius 1 is 1.15 bits per heavy atom. The van der Waals surface area contributed by atoms with Gasteiger partial charge in [0.25, 0.3) is 0 Å². The second-order valence-corrected chi connectivity index (χ2v) is 5.71. The fourth-order valence-corrected chi connectivity index (χ4v) is 2.68. The Morgan fingerprint density at radius 2 is 1.75 bits per heavy atom. The minimum absolute atomic E-state index is 0.0103. The molecule has 1 aromatic carbocycles. The van der Waals surface area contributed by atoms with Crippen LogP contribution < -0.4 is 0 Å². The van der Waals surface area contributed by atoms with Crippen LogP contribution in [-0.2, 0) is 11.3 Å². The third kappa shape index (κ3) is 3.81. The van der Waals surface area contributed by atoms with Gasteiger partial charge in [-0.25, -0.2) is 0 Å². The van der Waals surface area contributed by atoms with E-state index < -0.39 is 0 Å². The van der Waals surface area contributed by atoms with E-state index in [4.69, 9.17) is 0 Å². The molecule has 0 saturated carbocycles. The number of piperazine rings is 1. The van der Waals surface area contributed by atoms with E-state index >= 15 is 0 Å². The zero-order valence-electron chi connectivity index (χ0n) is 12.7. The Bertz CT molecular complexity index is 425. The quantitative estimate of drug-likeness (QED) is 0.828. The lowest BCUT2D eigenvalue weighted by molar-refractivity contribution is -0.134. The Labute approximate surface area is 122 Å². The molecule has 0 aromatic heterocycles. The molecule has 0 spiro atoms. The maximum Gasteiger partial charge on any atom is 0.239 e. The highest BCUT2D eigenvalue weighted by molar-refractivity contribution is 5.80. The summed E-state index contributed by atoms with van der Waals surface area (Å²) in [6, 6.07) is 10.6. The topological polar surface area (TPSA) is 26.8 Å². The van der Waals surface area contributed by atoms with Gasteiger partial charge in [0, 0.05) is 46.8 Å². The van der Waals surface area contributed by atoms with E-state index in [1.165, 1.54) is 5.56 Å². The molecule has 110 valence electrons. The molecular weight excluding hydrogens is 250 g/mol. The fourth-order valence-electron chi connectivity index (χ4n) is 2.68. The smallest absolute Gasteiger partial charge is 0.239 e. The summed E-state index contributed by atoms with van der Waals surface area (Å²) in [6.07, 6.45) is 0. The van der Waals surface area contributed by atoms with Crippen molar-refractivity contribution < 1.29 is 4.79 Å². The molecule has 1 unspecified atom stereocenters. The molecule has 1 heterocycles. The Kier molecular flexibility index (Phi) is 5.15. The standard InChI is InChI=1S/C16H25N3O/c1-14(16(20)17(2)3)19-11-9-18(10-12-19)13-15-7-5-4-6-8-15/h4-8,14H,9-13H2,1-3H3. The van der Waals surface area contributed by atoms with Crippen LogP contribution in [0, 0.1) is 0 Å². The molecule has 2 rings (SSSR count). The van der Waals surface area contributed by atoms with E-state index in [1.807, 2.05) is 21.0 Å². The summed E-state index contributed by atoms with van der Waals surface area (Å²) in [7, 11) is 3.65. The Balaban J connectivity index is 1.82. The molecule has 1 fully saturated rings. The fraction of sp³-hybridized carbons (Fsp3) is 0.562. The largest absolute Gasteiger partial charge is 0.347 e. The number of hydrogen-bond donors (Lipinski definition) is 0. The van der Waals surface area contributed by atoms with Crippen molar-refractivity contribution in [2.45, 2.75) is 19.5 Å². The monoisotopic (exact) mass is 275 g/mol. The molecule has 0 aliphatic carbocycles. The van der Waals surface area contributed by atoms with E-state index in [0.29, 0.717) is 0 Å². The van der Waals surface area contributed by atoms with Crippen LogP contribution in [0.1, 0.15) is 12.5 Å². The van der Waals surface area contributed by atoms with E-state index in [2.05, 4.69) is 40.1 Å². The first-order valence-corrected chi connectivity index (χ1v) is 7.29. The van der Waals surface area contributed by atoms with Crippen molar-refractivity contribution in [2.75, 3.05) is 40.3 Å². The zero-order valence-corrected chi connectivity index (χ0v) is 12.7. The first-order valence-electron chi connectivity index (χ1n) is 7.29. The highest BCUT2D eigenvalue weighted by Gasteiger charge is 2.26. The summed E-state index contributed by atoms with van der Waals surface area (Å²) in [6.45, 7) is 7.00. The lowest BCUT2D eigenvalue weighted by Gasteiger charge is -2.38. The van der Waals surface area contributed by atoms with E-state index in [0.717, 1.165) is 32.7 Å². The summed E-state index contributed by atoms with van der Waals surface area (Å²) in [5, 5.41) is 0. The van der Waals surface area contributed by atoms with Gasteiger partial charge >= 0.3 is 0 Å². The molecule has 4 nitrogen and oxygen atoms in total. The number of likely N-dealkylation sites (N-methyl/N-ethyl adjacent to an activating group) is 1. The minimum atomic E-state index is -0.0103. The second kappa shape index (κ2) is 6.86. The van der Waals surface area contributed by atoms with Gasteiger partial charge in [-0.3, -0.25) is 14.6 Å². The highest BCUT2D eigenvalue weighted by Crippen LogP contribution is 2.11. The van der Waals surface area contributed by atoms with Crippen LogP contribution in [0.5, 0.6) is 0 Å². The van der Waals surface area contributed by atoms with Gasteiger partial charge in [0.15, 0.2) is 0 Å². The van der Waals surface area contributed by atoms with Crippen molar-refractivity contribution >= 4 is 5.91 Å². The van der Waals surface area contributed by atoms with Crippen molar-refractivity contribution in [3.63, 3.8) is 0 Å². The van der Waals surface area contributed by atoms with Gasteiger partial charge in [-0.15, -0.1) is 0 Å². The molecule has 20 heavy (non-hydrogen) atoms. The number of hydrogen-bond acceptors (Lipinski definition) is 3. The van der Waals surface area contributed by atoms with Gasteiger partial charge in [-0.2, -0.15) is 0 Å². The van der Waals surface area contributed by atoms with E-state index in [1.54, 1.807) is 4.90 Å². The first kappa shape index (κ1) is 15.0. The molecule has 1 saturated heterocycles. The molecular formula is C16H25N3O. The molecule has 1 aromatic rings. The first-order chi connectivity index (χ1) is 9.58. The molecule has 0 radical (unpaired) electrons. The van der Waals surface area contributed by atoms with Crippen LogP contribution in [0.15, 0.2) is 30.3 Å². The van der Waals surface area contributed by atoms with Crippen molar-refractivity contribution in [1.29, 1.82) is 0 Å². The van der Waals surface area contributed by atoms with Crippen molar-refractivity contribution in [2.24, 2.45) is 0 Å². The third-order valence-electron chi connectivity index (χ3n) is 4.00. The average molecular weight is 275 g/mol. The zero-order chi connectivity index (χ0) is 14.5. The van der Waals surface area contributed by atoms with E-state index in [9.17, 15) is 4.79 Å². The van der Waals surface area contributed by atoms with Crippen LogP contribution in [0.2, 0.25) is 0 Å². The predicted octanol–water partition coefficient (Wildman–Crippen LogP) is 1.28. The molecule has 1 aliphatic rings. The molecule has 1 amide bonds. The SMILES string of the molecule is CC(C(=O)N(C)C)N1CCN(Cc2ccccc2)CC1. The number of amides is 1. The van der Waals surface area contributed by atoms with Crippen LogP contribution in [0.3, 0.4) is 0 Å². The normalized spacial score (nSPS) is 18.8. The van der Waals surface area contributed by atoms with Crippen LogP contribution in [0.25, 0.3) is 0 Å². The van der Waals surface area contributed by atoms with Crippen LogP contribution in [0.4, 0.5) is 0 Å². The van der Waals surface area contributed by atoms with Gasteiger partial charge in [-0.1, -0.05) is 30.3 Å². The number of rotatable bonds is 4. The maximum atomic E-state index is 12.0. The summed E-state index contributed by atoms with van der Waals surface area (Å²) < 4.78 is 0. The molecule has 1 aliphatic heterocycles. The van der Waals surface area contributed by atoms with Crippen LogP contribution in [-0.4, -0.2) is 66.9 Å². The Hall–Kier alpha value is -1.39. The molecule has 0 N–H and O–H groups in total. The summed E-state index contributed by atoms with van der Waals surface area (Å²) in [5.41, 5.74) is 1.36. The lowest BCUT2D eigenvalue weighted by Crippen LogP contribution is -2.53. The summed E-state index contributed by atoms with van der Waals surface area (Å²) >= 11 is 0. The maximum absolute atomic E-state index is 12.0. The van der Waals surface area contributed by atoms with Crippen molar-refractivity contribution in [1.82, 2.24) is 14.7 Å². The summed E-state index contributed by atoms with van der Waals surface area (Å²) in [5.74, 6) is 0.196. The third-order valence-corrected chi connectivity index (χ3v) is 4.00. The van der Waals surface area contributed by atoms with Gasteiger partial charge in [0.1, 0.15) is 0 Å². The molecule has 1 atom stereocenters. The predicted molar refractivity (Wildman–Crippen MR) is 81.4 cm³/mol. The number of benzene rings is 1. The van der Waals surface area contributed by atoms with Gasteiger partial charge < -0.3 is 4.90 Å². The van der Waals surface area contributed by atoms with Gasteiger partial charge in [0.2, 0.25) is 5.91 Å². The highest BCUT2D eigenvalue weighted by atomic mass is 16.2. The van der Waals surface area contributed by atoms with Crippen molar-refractivity contribution in [3.05, 3.63) is 35.9 Å². The summed E-state index contributed by atoms with van der Waals surface area (Å²) in [4.78, 5) is 18.4. The lowest BCUT2D eigenvalue weighted by atomic mass is 10.1. The number of nitrogens with zero attached hydrogens (tertiary/aromatic N) is 3. The average Bonchev–Trinajstić information content (AvgIpc) is 2.47. The van der Waals surface area contributed by atoms with Gasteiger partial charge in [0.05, 0.1) is 6.04 Å². The van der Waals surface area contributed by atoms with Crippen LogP contribution >= 0.6 is 0 Å². The second-order valence-electron chi connectivity index (χ2n) is 5.71. The Morgan fingerprint density at radius 3 is 2.30 bits per heavy atom. The van der Waals surface area contributed by atoms with E-state index in [-0.39, 0.29) is 11.9 Å². The molecule has 4 heteroatoms. The van der Waals surface area contributed by atoms with Gasteiger partial charge in [-0.05, 0) is 12.5 Å². The number of carbonyl (C=O) groups excluding carboxylic acids is 1. The minimum Gasteiger partial charge on any atom is -0.347 e. The molecule has 0 bridgehead atoms. The van der Waals surface area contributed by atoms with Crippen molar-refractivity contribution in [3.8, 4) is 0 Å².